The Balaban J connectivity index is 3.27. The third kappa shape index (κ3) is 5.45. The number of carbonyl (C=O) groups is 2. The van der Waals surface area contributed by atoms with Gasteiger partial charge in [-0.1, -0.05) is 13.8 Å². The van der Waals surface area contributed by atoms with Crippen LogP contribution in [0.5, 0.6) is 0 Å². The summed E-state index contributed by atoms with van der Waals surface area (Å²) in [5, 5.41) is 0. The van der Waals surface area contributed by atoms with Crippen molar-refractivity contribution in [2.24, 2.45) is 0 Å². The molecule has 4 nitrogen and oxygen atoms in total. The van der Waals surface area contributed by atoms with Gasteiger partial charge in [-0.25, -0.2) is 0 Å². The van der Waals surface area contributed by atoms with E-state index in [2.05, 4.69) is 9.31 Å². The minimum absolute atomic E-state index is 0.264. The predicted octanol–water partition coefficient (Wildman–Crippen LogP) is 0.427. The second kappa shape index (κ2) is 5.76. The molecule has 0 aromatic carbocycles. The van der Waals surface area contributed by atoms with Gasteiger partial charge in [0.15, 0.2) is 0 Å². The number of carbonyl (C=O) groups excluding carboxylic acids is 2. The molecule has 0 aliphatic heterocycles. The van der Waals surface area contributed by atoms with Crippen LogP contribution in [0.1, 0.15) is 26.7 Å². The molecule has 61 valence electrons. The van der Waals surface area contributed by atoms with Gasteiger partial charge in [0.2, 0.25) is 0 Å². The normalized spacial score (nSPS) is 8.55. The molecular formula is C6H10BO4. The molecular weight excluding hydrogens is 147 g/mol. The Hall–Kier alpha value is -0.995. The number of hydrogen-bond donors (Lipinski definition) is 0. The van der Waals surface area contributed by atoms with Gasteiger partial charge in [0.25, 0.3) is 11.9 Å². The van der Waals surface area contributed by atoms with Crippen molar-refractivity contribution in [3.63, 3.8) is 0 Å². The van der Waals surface area contributed by atoms with Crippen LogP contribution in [0.2, 0.25) is 0 Å². The summed E-state index contributed by atoms with van der Waals surface area (Å²) in [6.07, 6.45) is 0.528. The van der Waals surface area contributed by atoms with Gasteiger partial charge in [-0.2, -0.15) is 0 Å². The lowest BCUT2D eigenvalue weighted by molar-refractivity contribution is -0.138. The van der Waals surface area contributed by atoms with Gasteiger partial charge < -0.3 is 9.31 Å². The molecule has 0 N–H and O–H groups in total. The van der Waals surface area contributed by atoms with Crippen LogP contribution in [0, 0.1) is 0 Å². The van der Waals surface area contributed by atoms with E-state index in [0.717, 1.165) is 7.69 Å². The lowest BCUT2D eigenvalue weighted by Gasteiger charge is -2.00. The van der Waals surface area contributed by atoms with Crippen molar-refractivity contribution >= 4 is 19.6 Å². The molecule has 0 fully saturated rings. The van der Waals surface area contributed by atoms with E-state index in [1.54, 1.807) is 13.8 Å². The van der Waals surface area contributed by atoms with Crippen LogP contribution in [0.3, 0.4) is 0 Å². The lowest BCUT2D eigenvalue weighted by atomic mass is 10.3. The molecule has 0 unspecified atom stereocenters. The minimum Gasteiger partial charge on any atom is -0.500 e. The summed E-state index contributed by atoms with van der Waals surface area (Å²) in [6, 6.07) is 0. The standard InChI is InChI=1S/C6H10BO4/c1-3-5(8)10-7-11-6(9)4-2/h3-4H2,1-2H3. The summed E-state index contributed by atoms with van der Waals surface area (Å²) in [5.74, 6) is -0.845. The van der Waals surface area contributed by atoms with Crippen molar-refractivity contribution in [1.29, 1.82) is 0 Å². The average molecular weight is 157 g/mol. The first kappa shape index (κ1) is 10.0. The zero-order valence-corrected chi connectivity index (χ0v) is 6.62. The van der Waals surface area contributed by atoms with E-state index in [1.165, 1.54) is 0 Å². The highest BCUT2D eigenvalue weighted by Crippen LogP contribution is 1.85. The first-order chi connectivity index (χ1) is 5.20. The fourth-order valence-electron chi connectivity index (χ4n) is 0.298. The third-order valence-electron chi connectivity index (χ3n) is 0.936. The zero-order valence-electron chi connectivity index (χ0n) is 6.62. The fraction of sp³-hybridized carbons (Fsp3) is 0.667. The Labute approximate surface area is 66.2 Å². The molecule has 0 aliphatic rings. The van der Waals surface area contributed by atoms with Gasteiger partial charge in [0.1, 0.15) is 0 Å². The number of rotatable bonds is 4. The highest BCUT2D eigenvalue weighted by molar-refractivity contribution is 6.25. The average Bonchev–Trinajstić information content (AvgIpc) is 2.04. The Bertz CT molecular complexity index is 130. The van der Waals surface area contributed by atoms with Gasteiger partial charge in [-0.3, -0.25) is 9.59 Å². The summed E-state index contributed by atoms with van der Waals surface area (Å²) in [7, 11) is 0.762. The van der Waals surface area contributed by atoms with Crippen LogP contribution in [-0.2, 0) is 18.9 Å². The zero-order chi connectivity index (χ0) is 8.69. The first-order valence-corrected chi connectivity index (χ1v) is 3.41. The monoisotopic (exact) mass is 157 g/mol. The molecule has 0 atom stereocenters. The summed E-state index contributed by atoms with van der Waals surface area (Å²) in [5.41, 5.74) is 0. The Morgan fingerprint density at radius 2 is 1.45 bits per heavy atom. The highest BCUT2D eigenvalue weighted by Gasteiger charge is 2.06. The molecule has 0 heterocycles. The second-order valence-electron chi connectivity index (χ2n) is 1.78. The van der Waals surface area contributed by atoms with E-state index in [-0.39, 0.29) is 12.8 Å². The molecule has 0 amide bonds. The molecule has 11 heavy (non-hydrogen) atoms. The largest absolute Gasteiger partial charge is 0.662 e. The van der Waals surface area contributed by atoms with E-state index in [0.29, 0.717) is 0 Å². The van der Waals surface area contributed by atoms with Gasteiger partial charge in [0, 0.05) is 12.8 Å². The fourth-order valence-corrected chi connectivity index (χ4v) is 0.298. The second-order valence-corrected chi connectivity index (χ2v) is 1.78. The van der Waals surface area contributed by atoms with Crippen molar-refractivity contribution in [3.8, 4) is 0 Å². The van der Waals surface area contributed by atoms with E-state index in [4.69, 9.17) is 0 Å². The Morgan fingerprint density at radius 3 is 1.73 bits per heavy atom. The summed E-state index contributed by atoms with van der Waals surface area (Å²) < 4.78 is 8.71. The van der Waals surface area contributed by atoms with E-state index >= 15 is 0 Å². The topological polar surface area (TPSA) is 52.6 Å². The quantitative estimate of drug-likeness (QED) is 0.555. The Morgan fingerprint density at radius 1 is 1.09 bits per heavy atom. The molecule has 0 saturated carbocycles. The molecule has 0 aliphatic carbocycles. The van der Waals surface area contributed by atoms with Gasteiger partial charge in [-0.05, 0) is 0 Å². The van der Waals surface area contributed by atoms with Crippen LogP contribution < -0.4 is 0 Å². The molecule has 5 heteroatoms. The molecule has 0 aromatic heterocycles. The van der Waals surface area contributed by atoms with Crippen LogP contribution in [0.15, 0.2) is 0 Å². The molecule has 0 spiro atoms. The van der Waals surface area contributed by atoms with Crippen molar-refractivity contribution < 1.29 is 18.9 Å². The van der Waals surface area contributed by atoms with Crippen LogP contribution in [0.4, 0.5) is 0 Å². The molecule has 0 rings (SSSR count). The summed E-state index contributed by atoms with van der Waals surface area (Å²) in [4.78, 5) is 20.9. The Kier molecular flexibility index (Phi) is 5.24. The summed E-state index contributed by atoms with van der Waals surface area (Å²) in [6.45, 7) is 3.30. The maximum Gasteiger partial charge on any atom is 0.662 e. The van der Waals surface area contributed by atoms with Crippen molar-refractivity contribution in [2.45, 2.75) is 26.7 Å². The maximum absolute atomic E-state index is 10.4. The lowest BCUT2D eigenvalue weighted by Crippen LogP contribution is -2.14. The van der Waals surface area contributed by atoms with E-state index in [9.17, 15) is 9.59 Å². The highest BCUT2D eigenvalue weighted by atomic mass is 16.6. The van der Waals surface area contributed by atoms with Crippen LogP contribution in [-0.4, -0.2) is 19.6 Å². The maximum atomic E-state index is 10.4. The third-order valence-corrected chi connectivity index (χ3v) is 0.936. The molecule has 0 aromatic rings. The summed E-state index contributed by atoms with van der Waals surface area (Å²) >= 11 is 0. The predicted molar refractivity (Wildman–Crippen MR) is 38.5 cm³/mol. The van der Waals surface area contributed by atoms with Crippen molar-refractivity contribution in [2.75, 3.05) is 0 Å². The first-order valence-electron chi connectivity index (χ1n) is 3.41. The minimum atomic E-state index is -0.422. The smallest absolute Gasteiger partial charge is 0.500 e. The van der Waals surface area contributed by atoms with Gasteiger partial charge >= 0.3 is 7.69 Å². The van der Waals surface area contributed by atoms with Crippen LogP contribution in [0.25, 0.3) is 0 Å². The van der Waals surface area contributed by atoms with E-state index < -0.39 is 11.9 Å². The van der Waals surface area contributed by atoms with E-state index in [1.807, 2.05) is 0 Å². The van der Waals surface area contributed by atoms with Crippen LogP contribution >= 0.6 is 0 Å². The SMILES string of the molecule is CCC(=O)O[B]OC(=O)CC. The molecule has 0 bridgehead atoms. The van der Waals surface area contributed by atoms with Crippen molar-refractivity contribution in [3.05, 3.63) is 0 Å². The van der Waals surface area contributed by atoms with Crippen molar-refractivity contribution in [1.82, 2.24) is 0 Å². The molecule has 1 radical (unpaired) electrons. The van der Waals surface area contributed by atoms with Gasteiger partial charge in [-0.15, -0.1) is 0 Å². The number of hydrogen-bond acceptors (Lipinski definition) is 4. The van der Waals surface area contributed by atoms with Gasteiger partial charge in [0.05, 0.1) is 0 Å². The molecule has 0 saturated heterocycles.